The van der Waals surface area contributed by atoms with Gasteiger partial charge in [0.15, 0.2) is 5.85 Å². The van der Waals surface area contributed by atoms with Crippen LogP contribution in [0.1, 0.15) is 38.1 Å². The molecule has 1 aromatic carbocycles. The van der Waals surface area contributed by atoms with Gasteiger partial charge in [0.1, 0.15) is 5.75 Å². The molecule has 0 aliphatic rings. The Balaban J connectivity index is 2.17. The second-order valence-electron chi connectivity index (χ2n) is 5.99. The molecular formula is C19H27N2O7P. The molecule has 1 atom stereocenters. The third-order valence-corrected chi connectivity index (χ3v) is 5.70. The van der Waals surface area contributed by atoms with Crippen molar-refractivity contribution in [2.45, 2.75) is 32.5 Å². The van der Waals surface area contributed by atoms with Crippen LogP contribution in [0.25, 0.3) is 0 Å². The Morgan fingerprint density at radius 1 is 0.966 bits per heavy atom. The predicted octanol–water partition coefficient (Wildman–Crippen LogP) is 4.32. The standard InChI is InChI=1S/C19H27N2O7P/c1-5-11-26-29(23,27-12-6-2)18(22)14-7-9-15(10-8-14)28-19-20-16(24-3)13-17(21-19)25-4/h7-10,13,18,22H,5-6,11-12H2,1-4H3. The zero-order valence-electron chi connectivity index (χ0n) is 17.0. The molecular weight excluding hydrogens is 399 g/mol. The average molecular weight is 426 g/mol. The van der Waals surface area contributed by atoms with Crippen LogP contribution in [0.15, 0.2) is 30.3 Å². The molecule has 1 aromatic heterocycles. The maximum Gasteiger partial charge on any atom is 0.363 e. The van der Waals surface area contributed by atoms with Crippen molar-refractivity contribution in [2.75, 3.05) is 27.4 Å². The first-order valence-corrected chi connectivity index (χ1v) is 10.9. The molecule has 10 heteroatoms. The molecule has 0 saturated heterocycles. The van der Waals surface area contributed by atoms with Gasteiger partial charge in [0.25, 0.3) is 0 Å². The smallest absolute Gasteiger partial charge is 0.363 e. The van der Waals surface area contributed by atoms with E-state index in [9.17, 15) is 9.67 Å². The van der Waals surface area contributed by atoms with E-state index in [1.807, 2.05) is 13.8 Å². The first-order chi connectivity index (χ1) is 14.0. The van der Waals surface area contributed by atoms with E-state index < -0.39 is 13.4 Å². The number of aliphatic hydroxyl groups is 1. The van der Waals surface area contributed by atoms with Crippen LogP contribution in [0.5, 0.6) is 23.5 Å². The largest absolute Gasteiger partial charge is 0.481 e. The lowest BCUT2D eigenvalue weighted by Crippen LogP contribution is -2.07. The summed E-state index contributed by atoms with van der Waals surface area (Å²) in [6, 6.07) is 7.91. The fourth-order valence-corrected chi connectivity index (χ4v) is 4.02. The summed E-state index contributed by atoms with van der Waals surface area (Å²) in [7, 11) is -0.764. The van der Waals surface area contributed by atoms with Crippen LogP contribution in [0.3, 0.4) is 0 Å². The number of methoxy groups -OCH3 is 2. The first kappa shape index (κ1) is 23.1. The Bertz CT molecular complexity index is 782. The molecule has 0 bridgehead atoms. The molecule has 0 amide bonds. The molecule has 9 nitrogen and oxygen atoms in total. The van der Waals surface area contributed by atoms with E-state index in [4.69, 9.17) is 23.3 Å². The third-order valence-electron chi connectivity index (χ3n) is 3.71. The Morgan fingerprint density at radius 2 is 1.48 bits per heavy atom. The van der Waals surface area contributed by atoms with E-state index in [-0.39, 0.29) is 19.2 Å². The SMILES string of the molecule is CCCOP(=O)(OCCC)C(O)c1ccc(Oc2nc(OC)cc(OC)n2)cc1. The fraction of sp³-hybridized carbons (Fsp3) is 0.474. The summed E-state index contributed by atoms with van der Waals surface area (Å²) >= 11 is 0. The van der Waals surface area contributed by atoms with Crippen molar-refractivity contribution in [2.24, 2.45) is 0 Å². The van der Waals surface area contributed by atoms with Crippen molar-refractivity contribution in [3.63, 3.8) is 0 Å². The molecule has 1 heterocycles. The van der Waals surface area contributed by atoms with E-state index in [0.29, 0.717) is 35.9 Å². The molecule has 160 valence electrons. The summed E-state index contributed by atoms with van der Waals surface area (Å²) in [6.07, 6.45) is 1.31. The fourth-order valence-electron chi connectivity index (χ4n) is 2.25. The highest BCUT2D eigenvalue weighted by atomic mass is 31.2. The number of hydrogen-bond donors (Lipinski definition) is 1. The highest BCUT2D eigenvalue weighted by Gasteiger charge is 2.35. The number of aromatic nitrogens is 2. The van der Waals surface area contributed by atoms with Crippen molar-refractivity contribution in [3.05, 3.63) is 35.9 Å². The van der Waals surface area contributed by atoms with Crippen LogP contribution < -0.4 is 14.2 Å². The number of hydrogen-bond acceptors (Lipinski definition) is 9. The molecule has 0 aliphatic heterocycles. The van der Waals surface area contributed by atoms with Gasteiger partial charge < -0.3 is 28.4 Å². The van der Waals surface area contributed by atoms with Gasteiger partial charge in [-0.3, -0.25) is 4.57 Å². The van der Waals surface area contributed by atoms with Crippen molar-refractivity contribution < 1.29 is 32.9 Å². The molecule has 0 radical (unpaired) electrons. The number of aliphatic hydroxyl groups excluding tert-OH is 1. The highest BCUT2D eigenvalue weighted by molar-refractivity contribution is 7.54. The molecule has 1 unspecified atom stereocenters. The molecule has 2 aromatic rings. The zero-order valence-corrected chi connectivity index (χ0v) is 17.9. The minimum absolute atomic E-state index is 0.0396. The second kappa shape index (κ2) is 11.1. The Labute approximate surface area is 170 Å². The maximum absolute atomic E-state index is 13.0. The van der Waals surface area contributed by atoms with Crippen molar-refractivity contribution in [3.8, 4) is 23.5 Å². The normalized spacial score (nSPS) is 12.4. The third kappa shape index (κ3) is 6.40. The molecule has 1 N–H and O–H groups in total. The summed E-state index contributed by atoms with van der Waals surface area (Å²) < 4.78 is 39.5. The Hall–Kier alpha value is -2.19. The quantitative estimate of drug-likeness (QED) is 0.496. The van der Waals surface area contributed by atoms with Crippen LogP contribution in [0.2, 0.25) is 0 Å². The summed E-state index contributed by atoms with van der Waals surface area (Å²) in [4.78, 5) is 8.18. The van der Waals surface area contributed by atoms with Gasteiger partial charge in [-0.1, -0.05) is 26.0 Å². The van der Waals surface area contributed by atoms with E-state index in [1.54, 1.807) is 24.3 Å². The monoisotopic (exact) mass is 426 g/mol. The van der Waals surface area contributed by atoms with Crippen molar-refractivity contribution in [1.82, 2.24) is 9.97 Å². The molecule has 29 heavy (non-hydrogen) atoms. The van der Waals surface area contributed by atoms with Gasteiger partial charge in [-0.05, 0) is 30.5 Å². The van der Waals surface area contributed by atoms with Gasteiger partial charge in [0.05, 0.1) is 33.5 Å². The summed E-state index contributed by atoms with van der Waals surface area (Å²) in [6.45, 7) is 4.24. The second-order valence-corrected chi connectivity index (χ2v) is 8.07. The minimum atomic E-state index is -3.71. The van der Waals surface area contributed by atoms with E-state index in [2.05, 4.69) is 9.97 Å². The molecule has 0 spiro atoms. The van der Waals surface area contributed by atoms with Gasteiger partial charge in [-0.2, -0.15) is 9.97 Å². The van der Waals surface area contributed by atoms with Crippen molar-refractivity contribution >= 4 is 7.60 Å². The topological polar surface area (TPSA) is 109 Å². The number of nitrogens with zero attached hydrogens (tertiary/aromatic N) is 2. The van der Waals surface area contributed by atoms with Crippen LogP contribution in [0.4, 0.5) is 0 Å². The predicted molar refractivity (Wildman–Crippen MR) is 107 cm³/mol. The number of rotatable bonds is 12. The van der Waals surface area contributed by atoms with Crippen LogP contribution in [0, 0.1) is 0 Å². The molecule has 0 fully saturated rings. The number of ether oxygens (including phenoxy) is 3. The minimum Gasteiger partial charge on any atom is -0.481 e. The maximum atomic E-state index is 13.0. The van der Waals surface area contributed by atoms with Gasteiger partial charge in [0, 0.05) is 0 Å². The number of benzene rings is 1. The molecule has 0 aliphatic carbocycles. The highest BCUT2D eigenvalue weighted by Crippen LogP contribution is 2.59. The lowest BCUT2D eigenvalue weighted by atomic mass is 10.2. The van der Waals surface area contributed by atoms with Gasteiger partial charge >= 0.3 is 13.6 Å². The summed E-state index contributed by atoms with van der Waals surface area (Å²) in [5.41, 5.74) is 0.386. The van der Waals surface area contributed by atoms with Gasteiger partial charge in [0.2, 0.25) is 11.8 Å². The van der Waals surface area contributed by atoms with Crippen molar-refractivity contribution in [1.29, 1.82) is 0 Å². The summed E-state index contributed by atoms with van der Waals surface area (Å²) in [5.74, 6) is -0.403. The molecule has 0 saturated carbocycles. The van der Waals surface area contributed by atoms with Gasteiger partial charge in [-0.25, -0.2) is 0 Å². The summed E-state index contributed by atoms with van der Waals surface area (Å²) in [5, 5.41) is 10.6. The zero-order chi connectivity index (χ0) is 21.3. The van der Waals surface area contributed by atoms with Crippen LogP contribution in [-0.4, -0.2) is 42.5 Å². The molecule has 2 rings (SSSR count). The van der Waals surface area contributed by atoms with Crippen LogP contribution >= 0.6 is 7.60 Å². The van der Waals surface area contributed by atoms with Crippen LogP contribution in [-0.2, 0) is 13.6 Å². The van der Waals surface area contributed by atoms with E-state index in [1.165, 1.54) is 20.3 Å². The van der Waals surface area contributed by atoms with Gasteiger partial charge in [-0.15, -0.1) is 0 Å². The Morgan fingerprint density at radius 3 is 1.93 bits per heavy atom. The lowest BCUT2D eigenvalue weighted by Gasteiger charge is -2.23. The van der Waals surface area contributed by atoms with E-state index >= 15 is 0 Å². The lowest BCUT2D eigenvalue weighted by molar-refractivity contribution is 0.142. The first-order valence-electron chi connectivity index (χ1n) is 9.27. The van der Waals surface area contributed by atoms with E-state index in [0.717, 1.165) is 0 Å². The Kier molecular flexibility index (Phi) is 8.85. The average Bonchev–Trinajstić information content (AvgIpc) is 2.76.